The molecule has 0 spiro atoms. The number of nitro groups is 1. The highest BCUT2D eigenvalue weighted by atomic mass is 16.6. The number of aryl methyl sites for hydroxylation is 1. The molecule has 0 saturated carbocycles. The van der Waals surface area contributed by atoms with Gasteiger partial charge in [0, 0.05) is 30.9 Å². The van der Waals surface area contributed by atoms with Gasteiger partial charge in [-0.15, -0.1) is 0 Å². The molecule has 0 unspecified atom stereocenters. The molecule has 1 aromatic carbocycles. The Morgan fingerprint density at radius 2 is 2.00 bits per heavy atom. The molecule has 19 heavy (non-hydrogen) atoms. The summed E-state index contributed by atoms with van der Waals surface area (Å²) in [5.41, 5.74) is 1.90. The Bertz CT molecular complexity index is 442. The molecule has 104 valence electrons. The SMILES string of the molecule is Cc1cc(NCCN2CCCCC2)cc([N+](=O)[O-])c1. The van der Waals surface area contributed by atoms with E-state index in [0.717, 1.165) is 24.3 Å². The maximum absolute atomic E-state index is 10.8. The van der Waals surface area contributed by atoms with Gasteiger partial charge in [0.1, 0.15) is 0 Å². The van der Waals surface area contributed by atoms with E-state index in [1.54, 1.807) is 12.1 Å². The van der Waals surface area contributed by atoms with Crippen molar-refractivity contribution in [2.75, 3.05) is 31.5 Å². The fourth-order valence-corrected chi connectivity index (χ4v) is 2.51. The quantitative estimate of drug-likeness (QED) is 0.655. The topological polar surface area (TPSA) is 58.4 Å². The average Bonchev–Trinajstić information content (AvgIpc) is 2.39. The molecular weight excluding hydrogens is 242 g/mol. The van der Waals surface area contributed by atoms with Crippen molar-refractivity contribution in [3.8, 4) is 0 Å². The molecule has 1 fully saturated rings. The number of nitro benzene ring substituents is 1. The summed E-state index contributed by atoms with van der Waals surface area (Å²) in [5.74, 6) is 0. The first kappa shape index (κ1) is 13.8. The van der Waals surface area contributed by atoms with Crippen molar-refractivity contribution in [3.05, 3.63) is 33.9 Å². The molecule has 5 heteroatoms. The number of anilines is 1. The first-order valence-electron chi connectivity index (χ1n) is 6.87. The molecule has 0 radical (unpaired) electrons. The second kappa shape index (κ2) is 6.52. The van der Waals surface area contributed by atoms with E-state index in [4.69, 9.17) is 0 Å². The zero-order valence-electron chi connectivity index (χ0n) is 11.4. The van der Waals surface area contributed by atoms with Gasteiger partial charge in [0.15, 0.2) is 0 Å². The number of piperidine rings is 1. The molecule has 0 atom stereocenters. The van der Waals surface area contributed by atoms with Gasteiger partial charge in [-0.1, -0.05) is 6.42 Å². The van der Waals surface area contributed by atoms with Crippen LogP contribution in [0.2, 0.25) is 0 Å². The summed E-state index contributed by atoms with van der Waals surface area (Å²) in [6, 6.07) is 5.14. The summed E-state index contributed by atoms with van der Waals surface area (Å²) in [6.07, 6.45) is 3.92. The number of likely N-dealkylation sites (tertiary alicyclic amines) is 1. The molecule has 5 nitrogen and oxygen atoms in total. The summed E-state index contributed by atoms with van der Waals surface area (Å²) in [4.78, 5) is 12.9. The summed E-state index contributed by atoms with van der Waals surface area (Å²) in [5, 5.41) is 14.1. The van der Waals surface area contributed by atoms with Crippen LogP contribution in [0.3, 0.4) is 0 Å². The first-order chi connectivity index (χ1) is 9.15. The van der Waals surface area contributed by atoms with Crippen molar-refractivity contribution in [3.63, 3.8) is 0 Å². The third kappa shape index (κ3) is 4.21. The van der Waals surface area contributed by atoms with Gasteiger partial charge < -0.3 is 10.2 Å². The van der Waals surface area contributed by atoms with Crippen LogP contribution in [0.4, 0.5) is 11.4 Å². The Morgan fingerprint density at radius 1 is 1.26 bits per heavy atom. The van der Waals surface area contributed by atoms with Crippen molar-refractivity contribution < 1.29 is 4.92 Å². The van der Waals surface area contributed by atoms with E-state index < -0.39 is 0 Å². The zero-order valence-corrected chi connectivity index (χ0v) is 11.4. The number of hydrogen-bond acceptors (Lipinski definition) is 4. The molecular formula is C14H21N3O2. The highest BCUT2D eigenvalue weighted by Gasteiger charge is 2.10. The third-order valence-electron chi connectivity index (χ3n) is 3.48. The largest absolute Gasteiger partial charge is 0.384 e. The minimum Gasteiger partial charge on any atom is -0.384 e. The number of benzene rings is 1. The Labute approximate surface area is 113 Å². The zero-order chi connectivity index (χ0) is 13.7. The van der Waals surface area contributed by atoms with Crippen LogP contribution in [-0.4, -0.2) is 36.0 Å². The minimum absolute atomic E-state index is 0.153. The number of rotatable bonds is 5. The highest BCUT2D eigenvalue weighted by molar-refractivity contribution is 5.53. The van der Waals surface area contributed by atoms with Crippen LogP contribution in [-0.2, 0) is 0 Å². The molecule has 1 saturated heterocycles. The van der Waals surface area contributed by atoms with E-state index in [0.29, 0.717) is 0 Å². The van der Waals surface area contributed by atoms with Crippen LogP contribution in [0.5, 0.6) is 0 Å². The van der Waals surface area contributed by atoms with Crippen LogP contribution in [0.15, 0.2) is 18.2 Å². The van der Waals surface area contributed by atoms with Crippen molar-refractivity contribution >= 4 is 11.4 Å². The predicted molar refractivity (Wildman–Crippen MR) is 76.6 cm³/mol. The lowest BCUT2D eigenvalue weighted by Gasteiger charge is -2.26. The Hall–Kier alpha value is -1.62. The molecule has 1 aromatic rings. The fourth-order valence-electron chi connectivity index (χ4n) is 2.51. The van der Waals surface area contributed by atoms with Gasteiger partial charge in [-0.3, -0.25) is 10.1 Å². The van der Waals surface area contributed by atoms with E-state index in [1.165, 1.54) is 32.4 Å². The van der Waals surface area contributed by atoms with Gasteiger partial charge in [-0.25, -0.2) is 0 Å². The van der Waals surface area contributed by atoms with Gasteiger partial charge in [-0.05, 0) is 44.5 Å². The van der Waals surface area contributed by atoms with Crippen LogP contribution >= 0.6 is 0 Å². The number of nitrogens with zero attached hydrogens (tertiary/aromatic N) is 2. The van der Waals surface area contributed by atoms with Gasteiger partial charge in [0.05, 0.1) is 4.92 Å². The fraction of sp³-hybridized carbons (Fsp3) is 0.571. The van der Waals surface area contributed by atoms with Crippen LogP contribution in [0, 0.1) is 17.0 Å². The molecule has 0 bridgehead atoms. The van der Waals surface area contributed by atoms with E-state index >= 15 is 0 Å². The second-order valence-electron chi connectivity index (χ2n) is 5.14. The van der Waals surface area contributed by atoms with Crippen LogP contribution in [0.1, 0.15) is 24.8 Å². The summed E-state index contributed by atoms with van der Waals surface area (Å²) < 4.78 is 0. The van der Waals surface area contributed by atoms with E-state index in [1.807, 2.05) is 13.0 Å². The monoisotopic (exact) mass is 263 g/mol. The summed E-state index contributed by atoms with van der Waals surface area (Å²) in [7, 11) is 0. The van der Waals surface area contributed by atoms with Gasteiger partial charge >= 0.3 is 0 Å². The molecule has 2 rings (SSSR count). The van der Waals surface area contributed by atoms with Crippen molar-refractivity contribution in [1.82, 2.24) is 4.90 Å². The van der Waals surface area contributed by atoms with Gasteiger partial charge in [0.2, 0.25) is 0 Å². The lowest BCUT2D eigenvalue weighted by molar-refractivity contribution is -0.384. The number of hydrogen-bond donors (Lipinski definition) is 1. The normalized spacial score (nSPS) is 16.3. The van der Waals surface area contributed by atoms with E-state index in [2.05, 4.69) is 10.2 Å². The van der Waals surface area contributed by atoms with Crippen molar-refractivity contribution in [1.29, 1.82) is 0 Å². The molecule has 0 aliphatic carbocycles. The average molecular weight is 263 g/mol. The molecule has 0 aromatic heterocycles. The van der Waals surface area contributed by atoms with E-state index in [-0.39, 0.29) is 10.6 Å². The number of non-ortho nitro benzene ring substituents is 1. The predicted octanol–water partition coefficient (Wildman–Crippen LogP) is 2.80. The lowest BCUT2D eigenvalue weighted by atomic mass is 10.1. The molecule has 1 aliphatic heterocycles. The molecule has 1 aliphatic rings. The third-order valence-corrected chi connectivity index (χ3v) is 3.48. The maximum Gasteiger partial charge on any atom is 0.271 e. The second-order valence-corrected chi connectivity index (χ2v) is 5.14. The molecule has 0 amide bonds. The maximum atomic E-state index is 10.8. The summed E-state index contributed by atoms with van der Waals surface area (Å²) >= 11 is 0. The molecule has 1 N–H and O–H groups in total. The van der Waals surface area contributed by atoms with Crippen molar-refractivity contribution in [2.24, 2.45) is 0 Å². The van der Waals surface area contributed by atoms with Crippen molar-refractivity contribution in [2.45, 2.75) is 26.2 Å². The number of nitrogens with one attached hydrogen (secondary N) is 1. The lowest BCUT2D eigenvalue weighted by Crippen LogP contribution is -2.33. The Morgan fingerprint density at radius 3 is 2.68 bits per heavy atom. The highest BCUT2D eigenvalue weighted by Crippen LogP contribution is 2.20. The van der Waals surface area contributed by atoms with Gasteiger partial charge in [0.25, 0.3) is 5.69 Å². The minimum atomic E-state index is -0.344. The summed E-state index contributed by atoms with van der Waals surface area (Å²) in [6.45, 7) is 6.07. The van der Waals surface area contributed by atoms with Crippen LogP contribution < -0.4 is 5.32 Å². The Kier molecular flexibility index (Phi) is 4.74. The van der Waals surface area contributed by atoms with Crippen LogP contribution in [0.25, 0.3) is 0 Å². The first-order valence-corrected chi connectivity index (χ1v) is 6.87. The van der Waals surface area contributed by atoms with E-state index in [9.17, 15) is 10.1 Å². The smallest absolute Gasteiger partial charge is 0.271 e. The molecule has 1 heterocycles. The van der Waals surface area contributed by atoms with Gasteiger partial charge in [-0.2, -0.15) is 0 Å². The standard InChI is InChI=1S/C14H21N3O2/c1-12-9-13(11-14(10-12)17(18)19)15-5-8-16-6-3-2-4-7-16/h9-11,15H,2-8H2,1H3. The Balaban J connectivity index is 1.86.